The number of carboxylic acids is 1. The molecule has 2 amide bonds. The van der Waals surface area contributed by atoms with Gasteiger partial charge in [-0.3, -0.25) is 14.0 Å². The van der Waals surface area contributed by atoms with Crippen LogP contribution in [0.4, 0.5) is 16.2 Å². The minimum absolute atomic E-state index is 0.109. The summed E-state index contributed by atoms with van der Waals surface area (Å²) in [6.45, 7) is -0.0159. The second-order valence-electron chi connectivity index (χ2n) is 7.87. The second-order valence-corrected chi connectivity index (χ2v) is 10.6. The summed E-state index contributed by atoms with van der Waals surface area (Å²) >= 11 is 11.9. The van der Waals surface area contributed by atoms with Gasteiger partial charge in [0.1, 0.15) is 6.54 Å². The van der Waals surface area contributed by atoms with Gasteiger partial charge < -0.3 is 10.4 Å². The van der Waals surface area contributed by atoms with Gasteiger partial charge in [0, 0.05) is 28.8 Å². The molecule has 0 bridgehead atoms. The van der Waals surface area contributed by atoms with Crippen molar-refractivity contribution in [2.75, 3.05) is 22.3 Å². The molecule has 0 atom stereocenters. The van der Waals surface area contributed by atoms with Gasteiger partial charge in [0.25, 0.3) is 10.0 Å². The van der Waals surface area contributed by atoms with Crippen LogP contribution in [0.1, 0.15) is 11.1 Å². The number of anilines is 2. The molecule has 2 N–H and O–H groups in total. The Balaban J connectivity index is 1.60. The molecular formula is C24H21Cl2N3O5S. The lowest BCUT2D eigenvalue weighted by Crippen LogP contribution is -2.38. The number of urea groups is 1. The molecule has 0 saturated carbocycles. The number of nitrogens with one attached hydrogen (secondary N) is 1. The molecule has 1 heterocycles. The summed E-state index contributed by atoms with van der Waals surface area (Å²) in [5, 5.41) is 12.5. The van der Waals surface area contributed by atoms with Gasteiger partial charge >= 0.3 is 12.0 Å². The van der Waals surface area contributed by atoms with Crippen molar-refractivity contribution < 1.29 is 23.1 Å². The topological polar surface area (TPSA) is 107 Å². The van der Waals surface area contributed by atoms with Crippen LogP contribution in [0, 0.1) is 0 Å². The Hall–Kier alpha value is -3.27. The van der Waals surface area contributed by atoms with Gasteiger partial charge in [-0.15, -0.1) is 0 Å². The first-order chi connectivity index (χ1) is 16.6. The van der Waals surface area contributed by atoms with Crippen LogP contribution >= 0.6 is 23.2 Å². The van der Waals surface area contributed by atoms with Crippen molar-refractivity contribution in [3.63, 3.8) is 0 Å². The summed E-state index contributed by atoms with van der Waals surface area (Å²) in [6, 6.07) is 17.7. The number of hydrogen-bond acceptors (Lipinski definition) is 4. The van der Waals surface area contributed by atoms with E-state index < -0.39 is 22.5 Å². The normalized spacial score (nSPS) is 12.8. The number of fused-ring (bicyclic) bond motifs is 1. The number of carboxylic acid groups (broad SMARTS) is 1. The highest BCUT2D eigenvalue weighted by Gasteiger charge is 2.30. The SMILES string of the molecule is O=C(O)CN(c1ccc2c(c1)CCN2C(=O)NCc1ccccc1)S(=O)(=O)c1cc(Cl)cc(Cl)c1. The Morgan fingerprint density at radius 3 is 2.34 bits per heavy atom. The van der Waals surface area contributed by atoms with E-state index in [9.17, 15) is 23.1 Å². The number of benzene rings is 3. The Morgan fingerprint density at radius 1 is 1.00 bits per heavy atom. The van der Waals surface area contributed by atoms with E-state index in [1.165, 1.54) is 24.3 Å². The zero-order valence-corrected chi connectivity index (χ0v) is 20.6. The molecule has 0 radical (unpaired) electrons. The molecule has 0 spiro atoms. The zero-order valence-electron chi connectivity index (χ0n) is 18.3. The van der Waals surface area contributed by atoms with Gasteiger partial charge in [0.05, 0.1) is 10.6 Å². The van der Waals surface area contributed by atoms with Crippen LogP contribution in [0.3, 0.4) is 0 Å². The Labute approximate surface area is 212 Å². The molecule has 4 rings (SSSR count). The molecule has 35 heavy (non-hydrogen) atoms. The van der Waals surface area contributed by atoms with Gasteiger partial charge in [-0.25, -0.2) is 13.2 Å². The molecule has 182 valence electrons. The molecule has 3 aromatic carbocycles. The molecule has 0 unspecified atom stereocenters. The molecule has 0 fully saturated rings. The lowest BCUT2D eigenvalue weighted by atomic mass is 10.1. The minimum atomic E-state index is -4.29. The van der Waals surface area contributed by atoms with Gasteiger partial charge in [-0.2, -0.15) is 0 Å². The quantitative estimate of drug-likeness (QED) is 0.463. The summed E-state index contributed by atoms with van der Waals surface area (Å²) in [4.78, 5) is 25.7. The summed E-state index contributed by atoms with van der Waals surface area (Å²) < 4.78 is 27.5. The van der Waals surface area contributed by atoms with E-state index in [2.05, 4.69) is 5.32 Å². The number of sulfonamides is 1. The number of rotatable bonds is 7. The van der Waals surface area contributed by atoms with Gasteiger partial charge in [0.15, 0.2) is 0 Å². The number of nitrogens with zero attached hydrogens (tertiary/aromatic N) is 2. The molecule has 8 nitrogen and oxygen atoms in total. The van der Waals surface area contributed by atoms with Crippen LogP contribution in [0.15, 0.2) is 71.6 Å². The Morgan fingerprint density at radius 2 is 1.69 bits per heavy atom. The average molecular weight is 534 g/mol. The van der Waals surface area contributed by atoms with Gasteiger partial charge in [0.2, 0.25) is 0 Å². The van der Waals surface area contributed by atoms with Crippen LogP contribution in [-0.2, 0) is 27.8 Å². The fraction of sp³-hybridized carbons (Fsp3) is 0.167. The minimum Gasteiger partial charge on any atom is -0.480 e. The zero-order chi connectivity index (χ0) is 25.2. The van der Waals surface area contributed by atoms with E-state index >= 15 is 0 Å². The van der Waals surface area contributed by atoms with Crippen molar-refractivity contribution in [1.82, 2.24) is 5.32 Å². The summed E-state index contributed by atoms with van der Waals surface area (Å²) in [5.74, 6) is -1.33. The smallest absolute Gasteiger partial charge is 0.324 e. The summed E-state index contributed by atoms with van der Waals surface area (Å²) in [5.41, 5.74) is 2.49. The van der Waals surface area contributed by atoms with Crippen LogP contribution < -0.4 is 14.5 Å². The molecule has 0 aromatic heterocycles. The highest BCUT2D eigenvalue weighted by Crippen LogP contribution is 2.34. The standard InChI is InChI=1S/C24H21Cl2N3O5S/c25-18-11-19(26)13-21(12-18)35(33,34)29(15-23(30)31)20-6-7-22-17(10-20)8-9-28(22)24(32)27-14-16-4-2-1-3-5-16/h1-7,10-13H,8-9,14-15H2,(H,27,32)(H,30,31). The van der Waals surface area contributed by atoms with Crippen LogP contribution in [0.2, 0.25) is 10.0 Å². The summed E-state index contributed by atoms with van der Waals surface area (Å²) in [7, 11) is -4.29. The van der Waals surface area contributed by atoms with Crippen molar-refractivity contribution >= 4 is 56.6 Å². The lowest BCUT2D eigenvalue weighted by molar-refractivity contribution is -0.135. The first kappa shape index (κ1) is 24.8. The highest BCUT2D eigenvalue weighted by molar-refractivity contribution is 7.92. The molecule has 3 aromatic rings. The van der Waals surface area contributed by atoms with Crippen molar-refractivity contribution in [1.29, 1.82) is 0 Å². The van der Waals surface area contributed by atoms with Crippen LogP contribution in [-0.4, -0.2) is 38.6 Å². The highest BCUT2D eigenvalue weighted by atomic mass is 35.5. The number of halogens is 2. The number of carbonyl (C=O) groups is 2. The Bertz CT molecular complexity index is 1360. The fourth-order valence-corrected chi connectivity index (χ4v) is 6.00. The fourth-order valence-electron chi connectivity index (χ4n) is 3.87. The van der Waals surface area contributed by atoms with Crippen molar-refractivity contribution in [2.45, 2.75) is 17.9 Å². The van der Waals surface area contributed by atoms with E-state index in [-0.39, 0.29) is 26.7 Å². The third-order valence-electron chi connectivity index (χ3n) is 5.48. The van der Waals surface area contributed by atoms with E-state index in [1.807, 2.05) is 30.3 Å². The molecule has 1 aliphatic heterocycles. The second kappa shape index (κ2) is 10.2. The average Bonchev–Trinajstić information content (AvgIpc) is 3.24. The number of amides is 2. The van der Waals surface area contributed by atoms with Gasteiger partial charge in [-0.05, 0) is 53.9 Å². The first-order valence-electron chi connectivity index (χ1n) is 10.6. The maximum atomic E-state index is 13.3. The van der Waals surface area contributed by atoms with E-state index in [4.69, 9.17) is 23.2 Å². The number of hydrogen-bond donors (Lipinski definition) is 2. The predicted molar refractivity (Wildman–Crippen MR) is 135 cm³/mol. The van der Waals surface area contributed by atoms with E-state index in [1.54, 1.807) is 17.0 Å². The van der Waals surface area contributed by atoms with Crippen molar-refractivity contribution in [2.24, 2.45) is 0 Å². The van der Waals surface area contributed by atoms with Gasteiger partial charge in [-0.1, -0.05) is 53.5 Å². The van der Waals surface area contributed by atoms with E-state index in [0.29, 0.717) is 25.2 Å². The number of aliphatic carboxylic acids is 1. The van der Waals surface area contributed by atoms with Crippen molar-refractivity contribution in [3.8, 4) is 0 Å². The van der Waals surface area contributed by atoms with Crippen LogP contribution in [0.5, 0.6) is 0 Å². The molecule has 0 saturated heterocycles. The van der Waals surface area contributed by atoms with E-state index in [0.717, 1.165) is 15.4 Å². The van der Waals surface area contributed by atoms with Crippen LogP contribution in [0.25, 0.3) is 0 Å². The maximum Gasteiger partial charge on any atom is 0.324 e. The monoisotopic (exact) mass is 533 g/mol. The largest absolute Gasteiger partial charge is 0.480 e. The molecular weight excluding hydrogens is 513 g/mol. The lowest BCUT2D eigenvalue weighted by Gasteiger charge is -2.24. The molecule has 11 heteroatoms. The third-order valence-corrected chi connectivity index (χ3v) is 7.67. The summed E-state index contributed by atoms with van der Waals surface area (Å²) in [6.07, 6.45) is 0.492. The molecule has 0 aliphatic carbocycles. The van der Waals surface area contributed by atoms with Crippen molar-refractivity contribution in [3.05, 3.63) is 87.9 Å². The maximum absolute atomic E-state index is 13.3. The Kier molecular flexibility index (Phi) is 7.20. The predicted octanol–water partition coefficient (Wildman–Crippen LogP) is 4.55. The number of carbonyl (C=O) groups excluding carboxylic acids is 1. The molecule has 1 aliphatic rings. The third kappa shape index (κ3) is 5.53. The first-order valence-corrected chi connectivity index (χ1v) is 12.8.